The number of tetrazole rings is 1. The largest absolute Gasteiger partial charge is 0.355 e. The highest BCUT2D eigenvalue weighted by atomic mass is 16.2. The van der Waals surface area contributed by atoms with Crippen LogP contribution in [0.25, 0.3) is 0 Å². The molecule has 0 aliphatic rings. The van der Waals surface area contributed by atoms with Crippen molar-refractivity contribution in [3.8, 4) is 0 Å². The van der Waals surface area contributed by atoms with Crippen LogP contribution in [0.4, 0.5) is 5.69 Å². The number of rotatable bonds is 3. The Kier molecular flexibility index (Phi) is 3.28. The van der Waals surface area contributed by atoms with E-state index in [1.54, 1.807) is 24.3 Å². The lowest BCUT2D eigenvalue weighted by atomic mass is 10.2. The minimum Gasteiger partial charge on any atom is -0.355 e. The number of hydrogen-bond donors (Lipinski definition) is 3. The lowest BCUT2D eigenvalue weighted by Gasteiger charge is -2.04. The maximum Gasteiger partial charge on any atom is 0.297 e. The summed E-state index contributed by atoms with van der Waals surface area (Å²) in [5.41, 5.74) is 0.925. The first-order valence-electron chi connectivity index (χ1n) is 5.07. The molecule has 1 aromatic carbocycles. The molecule has 2 amide bonds. The molecule has 0 fully saturated rings. The zero-order chi connectivity index (χ0) is 13.0. The molecule has 0 atom stereocenters. The Hall–Kier alpha value is -2.77. The molecule has 3 N–H and O–H groups in total. The second kappa shape index (κ2) is 5.04. The van der Waals surface area contributed by atoms with Gasteiger partial charge in [0, 0.05) is 18.3 Å². The predicted molar refractivity (Wildman–Crippen MR) is 62.0 cm³/mol. The number of carbonyl (C=O) groups is 2. The lowest BCUT2D eigenvalue weighted by molar-refractivity contribution is 0.0961. The zero-order valence-electron chi connectivity index (χ0n) is 9.47. The summed E-state index contributed by atoms with van der Waals surface area (Å²) in [7, 11) is 1.53. The highest BCUT2D eigenvalue weighted by Gasteiger charge is 2.11. The third-order valence-corrected chi connectivity index (χ3v) is 2.16. The highest BCUT2D eigenvalue weighted by molar-refractivity contribution is 6.02. The van der Waals surface area contributed by atoms with Crippen LogP contribution in [0.2, 0.25) is 0 Å². The number of H-pyrrole nitrogens is 1. The summed E-state index contributed by atoms with van der Waals surface area (Å²) in [6.45, 7) is 0. The van der Waals surface area contributed by atoms with Gasteiger partial charge in [-0.05, 0) is 23.4 Å². The summed E-state index contributed by atoms with van der Waals surface area (Å²) in [4.78, 5) is 23.0. The SMILES string of the molecule is CNC(=O)c1cccc(NC(=O)c2nn[nH]n2)c1. The molecule has 1 aromatic heterocycles. The van der Waals surface area contributed by atoms with Gasteiger partial charge in [-0.15, -0.1) is 10.2 Å². The Bertz CT molecular complexity index is 566. The second-order valence-electron chi connectivity index (χ2n) is 3.35. The molecule has 0 unspecified atom stereocenters. The molecular weight excluding hydrogens is 236 g/mol. The van der Waals surface area contributed by atoms with Gasteiger partial charge in [0.25, 0.3) is 17.6 Å². The number of aromatic nitrogens is 4. The lowest BCUT2D eigenvalue weighted by Crippen LogP contribution is -2.18. The van der Waals surface area contributed by atoms with Crippen LogP contribution in [0.15, 0.2) is 24.3 Å². The molecule has 0 saturated carbocycles. The minimum atomic E-state index is -0.502. The van der Waals surface area contributed by atoms with Gasteiger partial charge in [0.05, 0.1) is 0 Å². The third-order valence-electron chi connectivity index (χ3n) is 2.16. The average molecular weight is 246 g/mol. The van der Waals surface area contributed by atoms with E-state index in [1.807, 2.05) is 0 Å². The maximum absolute atomic E-state index is 11.6. The van der Waals surface area contributed by atoms with Gasteiger partial charge in [0.1, 0.15) is 0 Å². The van der Waals surface area contributed by atoms with Crippen molar-refractivity contribution in [3.05, 3.63) is 35.7 Å². The first-order chi connectivity index (χ1) is 8.70. The fraction of sp³-hybridized carbons (Fsp3) is 0.100. The van der Waals surface area contributed by atoms with Crippen LogP contribution in [0.5, 0.6) is 0 Å². The van der Waals surface area contributed by atoms with Gasteiger partial charge < -0.3 is 10.6 Å². The van der Waals surface area contributed by atoms with Crippen molar-refractivity contribution in [1.82, 2.24) is 25.9 Å². The smallest absolute Gasteiger partial charge is 0.297 e. The summed E-state index contributed by atoms with van der Waals surface area (Å²) >= 11 is 0. The molecule has 0 aliphatic heterocycles. The van der Waals surface area contributed by atoms with Crippen LogP contribution in [0, 0.1) is 0 Å². The van der Waals surface area contributed by atoms with Gasteiger partial charge >= 0.3 is 0 Å². The molecule has 2 rings (SSSR count). The van der Waals surface area contributed by atoms with Crippen molar-refractivity contribution in [2.45, 2.75) is 0 Å². The summed E-state index contributed by atoms with van der Waals surface area (Å²) in [6, 6.07) is 6.51. The number of amides is 2. The topological polar surface area (TPSA) is 113 Å². The molecule has 0 spiro atoms. The fourth-order valence-corrected chi connectivity index (χ4v) is 1.33. The van der Waals surface area contributed by atoms with E-state index in [1.165, 1.54) is 7.05 Å². The van der Waals surface area contributed by atoms with E-state index >= 15 is 0 Å². The minimum absolute atomic E-state index is 0.0691. The van der Waals surface area contributed by atoms with E-state index < -0.39 is 5.91 Å². The van der Waals surface area contributed by atoms with E-state index in [-0.39, 0.29) is 11.7 Å². The van der Waals surface area contributed by atoms with Crippen molar-refractivity contribution in [2.24, 2.45) is 0 Å². The van der Waals surface area contributed by atoms with Crippen LogP contribution in [0.1, 0.15) is 21.0 Å². The van der Waals surface area contributed by atoms with Crippen molar-refractivity contribution >= 4 is 17.5 Å². The van der Waals surface area contributed by atoms with Gasteiger partial charge in [0.2, 0.25) is 0 Å². The number of anilines is 1. The maximum atomic E-state index is 11.6. The molecule has 18 heavy (non-hydrogen) atoms. The molecule has 0 radical (unpaired) electrons. The van der Waals surface area contributed by atoms with Crippen LogP contribution in [-0.4, -0.2) is 39.5 Å². The number of carbonyl (C=O) groups excluding carboxylic acids is 2. The third kappa shape index (κ3) is 2.48. The monoisotopic (exact) mass is 246 g/mol. The first kappa shape index (κ1) is 11.7. The van der Waals surface area contributed by atoms with Gasteiger partial charge in [-0.1, -0.05) is 6.07 Å². The van der Waals surface area contributed by atoms with Crippen molar-refractivity contribution in [3.63, 3.8) is 0 Å². The van der Waals surface area contributed by atoms with Crippen LogP contribution < -0.4 is 10.6 Å². The van der Waals surface area contributed by atoms with E-state index in [0.717, 1.165) is 0 Å². The normalized spacial score (nSPS) is 9.83. The van der Waals surface area contributed by atoms with Crippen LogP contribution >= 0.6 is 0 Å². The Morgan fingerprint density at radius 2 is 2.11 bits per heavy atom. The quantitative estimate of drug-likeness (QED) is 0.694. The molecule has 2 aromatic rings. The number of nitrogens with one attached hydrogen (secondary N) is 3. The van der Waals surface area contributed by atoms with E-state index in [9.17, 15) is 9.59 Å². The Labute approximate surface area is 102 Å². The van der Waals surface area contributed by atoms with E-state index in [0.29, 0.717) is 11.3 Å². The van der Waals surface area contributed by atoms with Gasteiger partial charge in [-0.2, -0.15) is 5.21 Å². The van der Waals surface area contributed by atoms with Gasteiger partial charge in [-0.3, -0.25) is 9.59 Å². The predicted octanol–water partition coefficient (Wildman–Crippen LogP) is -0.188. The Balaban J connectivity index is 2.15. The van der Waals surface area contributed by atoms with Crippen LogP contribution in [0.3, 0.4) is 0 Å². The first-order valence-corrected chi connectivity index (χ1v) is 5.07. The number of aromatic amines is 1. The molecule has 0 saturated heterocycles. The molecule has 0 bridgehead atoms. The Morgan fingerprint density at radius 1 is 1.28 bits per heavy atom. The average Bonchev–Trinajstić information content (AvgIpc) is 2.92. The van der Waals surface area contributed by atoms with E-state index in [2.05, 4.69) is 31.3 Å². The standard InChI is InChI=1S/C10H10N6O2/c1-11-9(17)6-3-2-4-7(5-6)12-10(18)8-13-15-16-14-8/h2-5H,1H3,(H,11,17)(H,12,18)(H,13,14,15,16). The fourth-order valence-electron chi connectivity index (χ4n) is 1.33. The van der Waals surface area contributed by atoms with Gasteiger partial charge in [-0.25, -0.2) is 0 Å². The molecule has 0 aliphatic carbocycles. The molecule has 92 valence electrons. The van der Waals surface area contributed by atoms with E-state index in [4.69, 9.17) is 0 Å². The number of hydrogen-bond acceptors (Lipinski definition) is 5. The summed E-state index contributed by atoms with van der Waals surface area (Å²) < 4.78 is 0. The highest BCUT2D eigenvalue weighted by Crippen LogP contribution is 2.11. The molecule has 1 heterocycles. The number of benzene rings is 1. The second-order valence-corrected chi connectivity index (χ2v) is 3.35. The molecule has 8 nitrogen and oxygen atoms in total. The molecular formula is C10H10N6O2. The van der Waals surface area contributed by atoms with Crippen molar-refractivity contribution in [2.75, 3.05) is 12.4 Å². The Morgan fingerprint density at radius 3 is 2.78 bits per heavy atom. The van der Waals surface area contributed by atoms with Crippen molar-refractivity contribution in [1.29, 1.82) is 0 Å². The molecule has 8 heteroatoms. The summed E-state index contributed by atoms with van der Waals surface area (Å²) in [6.07, 6.45) is 0. The zero-order valence-corrected chi connectivity index (χ0v) is 9.47. The summed E-state index contributed by atoms with van der Waals surface area (Å²) in [5.74, 6) is -0.802. The van der Waals surface area contributed by atoms with Crippen LogP contribution in [-0.2, 0) is 0 Å². The van der Waals surface area contributed by atoms with Crippen molar-refractivity contribution < 1.29 is 9.59 Å². The number of nitrogens with zero attached hydrogens (tertiary/aromatic N) is 3. The van der Waals surface area contributed by atoms with Gasteiger partial charge in [0.15, 0.2) is 0 Å². The summed E-state index contributed by atoms with van der Waals surface area (Å²) in [5, 5.41) is 17.6.